The minimum Gasteiger partial charge on any atom is -0.507 e. The summed E-state index contributed by atoms with van der Waals surface area (Å²) in [4.78, 5) is 78.5. The van der Waals surface area contributed by atoms with E-state index in [1.54, 1.807) is 32.1 Å². The summed E-state index contributed by atoms with van der Waals surface area (Å²) in [5, 5.41) is 34.9. The second-order valence-electron chi connectivity index (χ2n) is 14.0. The number of amides is 4. The molecule has 6 unspecified atom stereocenters. The zero-order chi connectivity index (χ0) is 38.6. The molecule has 14 nitrogen and oxygen atoms in total. The van der Waals surface area contributed by atoms with Crippen LogP contribution in [0.1, 0.15) is 35.4 Å². The average molecular weight is 767 g/mol. The number of aromatic hydroxyl groups is 1. The maximum Gasteiger partial charge on any atom is 0.301 e. The van der Waals surface area contributed by atoms with Gasteiger partial charge < -0.3 is 10.0 Å². The van der Waals surface area contributed by atoms with Crippen LogP contribution in [-0.4, -0.2) is 62.4 Å². The fourth-order valence-electron chi connectivity index (χ4n) is 8.64. The topological polar surface area (TPSA) is 185 Å². The van der Waals surface area contributed by atoms with Crippen molar-refractivity contribution in [2.45, 2.75) is 42.4 Å². The van der Waals surface area contributed by atoms with E-state index >= 15 is 0 Å². The molecular formula is C36H30Cl2FN5O9. The molecule has 0 radical (unpaired) electrons. The lowest BCUT2D eigenvalue weighted by Gasteiger charge is -2.50. The van der Waals surface area contributed by atoms with Gasteiger partial charge in [0.15, 0.2) is 15.4 Å². The standard InChI is InChI=1S/C36H30Cl2FN5O9/c1-16-11-18(12-17(2)30(16)45)28-22-9-10-23-27(24(22)15-35(37)33(48)42(34(49)36(28,35)38)20-7-5-19(39)6-8-20)32(47)41(31(23)46)21-13-25(43(50)51)29(40(3)4)26(14-21)44(52)53/h5-9,11-14,23-24,27-28,45H,10,15H2,1-4H3. The number of hydrogen-bond donors (Lipinski definition) is 1. The molecule has 2 heterocycles. The maximum atomic E-state index is 14.6. The van der Waals surface area contributed by atoms with Gasteiger partial charge >= 0.3 is 11.4 Å². The number of alkyl halides is 2. The predicted octanol–water partition coefficient (Wildman–Crippen LogP) is 5.80. The Balaban J connectivity index is 1.40. The lowest BCUT2D eigenvalue weighted by Crippen LogP contribution is -2.60. The summed E-state index contributed by atoms with van der Waals surface area (Å²) in [7, 11) is 2.76. The van der Waals surface area contributed by atoms with E-state index in [1.807, 2.05) is 0 Å². The van der Waals surface area contributed by atoms with Gasteiger partial charge in [-0.15, -0.1) is 23.2 Å². The van der Waals surface area contributed by atoms with Crippen molar-refractivity contribution in [1.82, 2.24) is 0 Å². The summed E-state index contributed by atoms with van der Waals surface area (Å²) >= 11 is 14.8. The molecule has 1 N–H and O–H groups in total. The number of aryl methyl sites for hydroxylation is 2. The van der Waals surface area contributed by atoms with Gasteiger partial charge in [0.2, 0.25) is 11.8 Å². The zero-order valence-electron chi connectivity index (χ0n) is 28.5. The zero-order valence-corrected chi connectivity index (χ0v) is 30.0. The van der Waals surface area contributed by atoms with Gasteiger partial charge in [-0.3, -0.25) is 39.4 Å². The van der Waals surface area contributed by atoms with Crippen molar-refractivity contribution in [3.05, 3.63) is 103 Å². The van der Waals surface area contributed by atoms with Crippen molar-refractivity contribution in [2.24, 2.45) is 17.8 Å². The highest BCUT2D eigenvalue weighted by atomic mass is 35.5. The number of nitro groups is 2. The largest absolute Gasteiger partial charge is 0.507 e. The number of imide groups is 2. The lowest BCUT2D eigenvalue weighted by molar-refractivity contribution is -0.392. The predicted molar refractivity (Wildman–Crippen MR) is 191 cm³/mol. The highest BCUT2D eigenvalue weighted by Gasteiger charge is 2.76. The van der Waals surface area contributed by atoms with E-state index in [2.05, 4.69) is 0 Å². The maximum absolute atomic E-state index is 14.6. The van der Waals surface area contributed by atoms with Crippen molar-refractivity contribution in [3.8, 4) is 5.75 Å². The minimum atomic E-state index is -2.23. The number of carbonyl (C=O) groups excluding carboxylic acids is 4. The van der Waals surface area contributed by atoms with Crippen molar-refractivity contribution in [1.29, 1.82) is 0 Å². The summed E-state index contributed by atoms with van der Waals surface area (Å²) in [6.45, 7) is 3.27. The third-order valence-electron chi connectivity index (χ3n) is 10.9. The summed E-state index contributed by atoms with van der Waals surface area (Å²) in [5.41, 5.74) is -0.432. The molecule has 2 aliphatic carbocycles. The molecule has 2 aliphatic heterocycles. The number of rotatable bonds is 6. The first-order valence-electron chi connectivity index (χ1n) is 16.4. The number of phenolic OH excluding ortho intramolecular Hbond substituents is 1. The van der Waals surface area contributed by atoms with Gasteiger partial charge in [0.25, 0.3) is 11.8 Å². The third kappa shape index (κ3) is 4.89. The Morgan fingerprint density at radius 2 is 1.42 bits per heavy atom. The van der Waals surface area contributed by atoms with E-state index in [0.29, 0.717) is 27.2 Å². The van der Waals surface area contributed by atoms with Gasteiger partial charge in [-0.05, 0) is 73.6 Å². The molecule has 53 heavy (non-hydrogen) atoms. The Kier molecular flexibility index (Phi) is 8.19. The van der Waals surface area contributed by atoms with E-state index in [-0.39, 0.29) is 29.2 Å². The summed E-state index contributed by atoms with van der Waals surface area (Å²) in [5.74, 6) is -8.50. The smallest absolute Gasteiger partial charge is 0.301 e. The third-order valence-corrected chi connectivity index (χ3v) is 12.3. The Bertz CT molecular complexity index is 2190. The first kappa shape index (κ1) is 36.0. The average Bonchev–Trinajstić information content (AvgIpc) is 3.44. The Hall–Kier alpha value is -5.41. The Morgan fingerprint density at radius 1 is 0.849 bits per heavy atom. The Labute approximate surface area is 310 Å². The van der Waals surface area contributed by atoms with E-state index in [1.165, 1.54) is 31.1 Å². The van der Waals surface area contributed by atoms with Crippen LogP contribution in [0.5, 0.6) is 5.75 Å². The second kappa shape index (κ2) is 12.1. The second-order valence-corrected chi connectivity index (χ2v) is 15.2. The van der Waals surface area contributed by atoms with Crippen LogP contribution < -0.4 is 14.7 Å². The van der Waals surface area contributed by atoms with Crippen LogP contribution in [0.4, 0.5) is 32.8 Å². The van der Waals surface area contributed by atoms with Crippen molar-refractivity contribution >= 4 is 75.3 Å². The number of phenols is 1. The number of carbonyl (C=O) groups is 4. The van der Waals surface area contributed by atoms with E-state index in [4.69, 9.17) is 23.2 Å². The molecule has 0 aromatic heterocycles. The van der Waals surface area contributed by atoms with E-state index in [9.17, 15) is 48.9 Å². The van der Waals surface area contributed by atoms with Crippen LogP contribution >= 0.6 is 23.2 Å². The number of halogens is 3. The molecule has 0 bridgehead atoms. The number of anilines is 3. The molecule has 0 spiro atoms. The van der Waals surface area contributed by atoms with Gasteiger partial charge in [0.1, 0.15) is 11.6 Å². The summed E-state index contributed by atoms with van der Waals surface area (Å²) in [6.07, 6.45) is 1.24. The molecule has 2 saturated heterocycles. The molecule has 3 fully saturated rings. The SMILES string of the molecule is Cc1cc(C2C3=CCC4C(=O)N(c5cc([N+](=O)[O-])c(N(C)C)c([N+](=O)[O-])c5)C(=O)C4C3CC3(Cl)C(=O)N(c4ccc(F)cc4)C(=O)C23Cl)cc(C)c1O. The number of allylic oxidation sites excluding steroid dienone is 2. The molecule has 274 valence electrons. The number of fused-ring (bicyclic) bond motifs is 4. The fourth-order valence-corrected chi connectivity index (χ4v) is 9.57. The monoisotopic (exact) mass is 765 g/mol. The van der Waals surface area contributed by atoms with Crippen molar-refractivity contribution in [3.63, 3.8) is 0 Å². The van der Waals surface area contributed by atoms with Crippen LogP contribution in [0.15, 0.2) is 60.2 Å². The molecule has 17 heteroatoms. The molecule has 6 atom stereocenters. The molecule has 3 aromatic rings. The van der Waals surface area contributed by atoms with Gasteiger partial charge in [-0.25, -0.2) is 14.2 Å². The van der Waals surface area contributed by atoms with Crippen molar-refractivity contribution in [2.75, 3.05) is 28.8 Å². The number of nitrogens with zero attached hydrogens (tertiary/aromatic N) is 5. The number of benzene rings is 3. The van der Waals surface area contributed by atoms with E-state index < -0.39 is 90.5 Å². The highest BCUT2D eigenvalue weighted by molar-refractivity contribution is 6.58. The number of nitro benzene ring substituents is 2. The van der Waals surface area contributed by atoms with Gasteiger partial charge in [-0.2, -0.15) is 0 Å². The number of hydrogen-bond acceptors (Lipinski definition) is 10. The van der Waals surface area contributed by atoms with Gasteiger partial charge in [0, 0.05) is 32.1 Å². The highest BCUT2D eigenvalue weighted by Crippen LogP contribution is 2.66. The van der Waals surface area contributed by atoms with Gasteiger partial charge in [-0.1, -0.05) is 23.8 Å². The summed E-state index contributed by atoms with van der Waals surface area (Å²) in [6, 6.07) is 9.64. The van der Waals surface area contributed by atoms with Crippen LogP contribution in [0.2, 0.25) is 0 Å². The normalized spacial score (nSPS) is 27.7. The van der Waals surface area contributed by atoms with Crippen LogP contribution in [0, 0.1) is 57.6 Å². The van der Waals surface area contributed by atoms with Crippen LogP contribution in [0.3, 0.4) is 0 Å². The fraction of sp³-hybridized carbons (Fsp3) is 0.333. The molecule has 4 aliphatic rings. The van der Waals surface area contributed by atoms with E-state index in [0.717, 1.165) is 29.2 Å². The van der Waals surface area contributed by atoms with Crippen molar-refractivity contribution < 1.29 is 38.5 Å². The molecule has 7 rings (SSSR count). The lowest BCUT2D eigenvalue weighted by atomic mass is 9.56. The van der Waals surface area contributed by atoms with Gasteiger partial charge in [0.05, 0.1) is 33.1 Å². The van der Waals surface area contributed by atoms with Crippen LogP contribution in [0.25, 0.3) is 0 Å². The molecule has 4 amide bonds. The molecule has 3 aromatic carbocycles. The first-order chi connectivity index (χ1) is 24.8. The molecule has 1 saturated carbocycles. The minimum absolute atomic E-state index is 0.00477. The summed E-state index contributed by atoms with van der Waals surface area (Å²) < 4.78 is 13.9. The quantitative estimate of drug-likeness (QED) is 0.106. The first-order valence-corrected chi connectivity index (χ1v) is 17.1. The Morgan fingerprint density at radius 3 is 1.94 bits per heavy atom. The van der Waals surface area contributed by atoms with Crippen LogP contribution in [-0.2, 0) is 19.2 Å². The molecular weight excluding hydrogens is 736 g/mol.